The van der Waals surface area contributed by atoms with Crippen LogP contribution in [0.2, 0.25) is 19.6 Å². The normalized spacial score (nSPS) is 11.8. The lowest BCUT2D eigenvalue weighted by atomic mass is 10.3. The van der Waals surface area contributed by atoms with Crippen molar-refractivity contribution >= 4 is 45.1 Å². The lowest BCUT2D eigenvalue weighted by Crippen LogP contribution is -2.41. The van der Waals surface area contributed by atoms with Gasteiger partial charge in [0.25, 0.3) is 0 Å². The SMILES string of the molecule is C[Si](C)(C)c1c(Br)ccc(Br)c1F. The first-order valence-corrected chi connectivity index (χ1v) is 9.06. The second kappa shape index (κ2) is 3.83. The molecule has 0 saturated heterocycles. The number of halogens is 3. The first-order valence-electron chi connectivity index (χ1n) is 3.98. The van der Waals surface area contributed by atoms with Crippen molar-refractivity contribution in [3.63, 3.8) is 0 Å². The summed E-state index contributed by atoms with van der Waals surface area (Å²) in [6, 6.07) is 3.61. The van der Waals surface area contributed by atoms with Crippen molar-refractivity contribution in [1.82, 2.24) is 0 Å². The summed E-state index contributed by atoms with van der Waals surface area (Å²) < 4.78 is 15.1. The number of hydrogen-bond acceptors (Lipinski definition) is 0. The van der Waals surface area contributed by atoms with Crippen LogP contribution in [0.4, 0.5) is 4.39 Å². The molecule has 0 heterocycles. The molecule has 1 aromatic carbocycles. The van der Waals surface area contributed by atoms with Gasteiger partial charge in [-0.3, -0.25) is 0 Å². The fourth-order valence-electron chi connectivity index (χ4n) is 1.21. The Morgan fingerprint density at radius 3 is 1.92 bits per heavy atom. The van der Waals surface area contributed by atoms with Crippen molar-refractivity contribution in [2.75, 3.05) is 0 Å². The van der Waals surface area contributed by atoms with Crippen LogP contribution in [-0.2, 0) is 0 Å². The van der Waals surface area contributed by atoms with Crippen LogP contribution in [0.3, 0.4) is 0 Å². The van der Waals surface area contributed by atoms with E-state index in [9.17, 15) is 4.39 Å². The monoisotopic (exact) mass is 324 g/mol. The quantitative estimate of drug-likeness (QED) is 0.542. The van der Waals surface area contributed by atoms with Crippen LogP contribution < -0.4 is 5.19 Å². The largest absolute Gasteiger partial charge is 0.206 e. The standard InChI is InChI=1S/C9H11Br2FSi/c1-13(2,3)9-7(11)5-4-6(10)8(9)12/h4-5H,1-3H3. The minimum Gasteiger partial charge on any atom is -0.206 e. The summed E-state index contributed by atoms with van der Waals surface area (Å²) in [5, 5.41) is 0.849. The van der Waals surface area contributed by atoms with E-state index in [0.717, 1.165) is 9.66 Å². The Morgan fingerprint density at radius 1 is 1.08 bits per heavy atom. The third-order valence-corrected chi connectivity index (χ3v) is 5.42. The van der Waals surface area contributed by atoms with E-state index in [1.54, 1.807) is 6.07 Å². The minimum atomic E-state index is -1.61. The number of rotatable bonds is 1. The van der Waals surface area contributed by atoms with Crippen LogP contribution in [-0.4, -0.2) is 8.07 Å². The van der Waals surface area contributed by atoms with Crippen LogP contribution in [0.15, 0.2) is 21.1 Å². The highest BCUT2D eigenvalue weighted by Gasteiger charge is 2.24. The maximum atomic E-state index is 13.7. The summed E-state index contributed by atoms with van der Waals surface area (Å²) in [5.41, 5.74) is 0. The number of benzene rings is 1. The minimum absolute atomic E-state index is 0.117. The van der Waals surface area contributed by atoms with E-state index in [1.807, 2.05) is 6.07 Å². The van der Waals surface area contributed by atoms with Gasteiger partial charge in [-0.2, -0.15) is 0 Å². The zero-order valence-corrected chi connectivity index (χ0v) is 12.0. The molecule has 0 aliphatic heterocycles. The van der Waals surface area contributed by atoms with E-state index >= 15 is 0 Å². The average Bonchev–Trinajstić information content (AvgIpc) is 1.95. The summed E-state index contributed by atoms with van der Waals surface area (Å²) in [4.78, 5) is 0. The molecule has 1 rings (SSSR count). The van der Waals surface area contributed by atoms with E-state index in [4.69, 9.17) is 0 Å². The lowest BCUT2D eigenvalue weighted by molar-refractivity contribution is 0.628. The Morgan fingerprint density at radius 2 is 1.54 bits per heavy atom. The Hall–Kier alpha value is 0.327. The predicted molar refractivity (Wildman–Crippen MR) is 64.8 cm³/mol. The van der Waals surface area contributed by atoms with Crippen molar-refractivity contribution in [3.05, 3.63) is 26.9 Å². The predicted octanol–water partition coefficient (Wildman–Crippen LogP) is 3.90. The second-order valence-electron chi connectivity index (χ2n) is 3.97. The van der Waals surface area contributed by atoms with Crippen LogP contribution in [0.25, 0.3) is 0 Å². The third kappa shape index (κ3) is 2.42. The molecular weight excluding hydrogens is 315 g/mol. The van der Waals surface area contributed by atoms with E-state index in [1.165, 1.54) is 0 Å². The Labute approximate surface area is 95.8 Å². The second-order valence-corrected chi connectivity index (χ2v) is 10.7. The molecule has 0 radical (unpaired) electrons. The molecule has 0 spiro atoms. The van der Waals surface area contributed by atoms with Crippen LogP contribution in [0.5, 0.6) is 0 Å². The van der Waals surface area contributed by atoms with E-state index in [2.05, 4.69) is 51.5 Å². The Bertz CT molecular complexity index is 331. The van der Waals surface area contributed by atoms with Gasteiger partial charge in [-0.15, -0.1) is 0 Å². The van der Waals surface area contributed by atoms with E-state index < -0.39 is 8.07 Å². The van der Waals surface area contributed by atoms with Gasteiger partial charge in [-0.05, 0) is 33.2 Å². The fourth-order valence-corrected chi connectivity index (χ4v) is 5.41. The molecule has 0 fully saturated rings. The highest BCUT2D eigenvalue weighted by molar-refractivity contribution is 9.11. The summed E-state index contributed by atoms with van der Waals surface area (Å²) in [6.07, 6.45) is 0. The molecule has 0 aliphatic rings. The van der Waals surface area contributed by atoms with Gasteiger partial charge in [0, 0.05) is 4.47 Å². The topological polar surface area (TPSA) is 0 Å². The molecule has 13 heavy (non-hydrogen) atoms. The van der Waals surface area contributed by atoms with Gasteiger partial charge in [0.2, 0.25) is 0 Å². The van der Waals surface area contributed by atoms with Gasteiger partial charge in [-0.1, -0.05) is 35.6 Å². The summed E-state index contributed by atoms with van der Waals surface area (Å²) >= 11 is 6.59. The van der Waals surface area contributed by atoms with E-state index in [0.29, 0.717) is 4.47 Å². The molecule has 0 N–H and O–H groups in total. The smallest absolute Gasteiger partial charge is 0.137 e. The van der Waals surface area contributed by atoms with Crippen molar-refractivity contribution in [3.8, 4) is 0 Å². The van der Waals surface area contributed by atoms with Crippen molar-refractivity contribution in [1.29, 1.82) is 0 Å². The molecule has 0 aromatic heterocycles. The van der Waals surface area contributed by atoms with Crippen LogP contribution in [0.1, 0.15) is 0 Å². The molecule has 0 atom stereocenters. The third-order valence-electron chi connectivity index (χ3n) is 1.79. The molecule has 0 bridgehead atoms. The molecule has 0 aliphatic carbocycles. The summed E-state index contributed by atoms with van der Waals surface area (Å²) in [5.74, 6) is -0.117. The van der Waals surface area contributed by atoms with Crippen molar-refractivity contribution < 1.29 is 4.39 Å². The van der Waals surface area contributed by atoms with Crippen LogP contribution in [0, 0.1) is 5.82 Å². The molecule has 0 unspecified atom stereocenters. The maximum absolute atomic E-state index is 13.7. The van der Waals surface area contributed by atoms with Crippen LogP contribution >= 0.6 is 31.9 Å². The fraction of sp³-hybridized carbons (Fsp3) is 0.333. The summed E-state index contributed by atoms with van der Waals surface area (Å²) in [6.45, 7) is 6.38. The molecule has 4 heteroatoms. The molecule has 72 valence electrons. The lowest BCUT2D eigenvalue weighted by Gasteiger charge is -2.19. The Kier molecular flexibility index (Phi) is 3.36. The highest BCUT2D eigenvalue weighted by Crippen LogP contribution is 2.21. The molecular formula is C9H11Br2FSi. The van der Waals surface area contributed by atoms with Gasteiger partial charge < -0.3 is 0 Å². The molecule has 1 aromatic rings. The first-order chi connectivity index (χ1) is 5.84. The molecule has 0 saturated carbocycles. The summed E-state index contributed by atoms with van der Waals surface area (Å²) in [7, 11) is -1.61. The van der Waals surface area contributed by atoms with Gasteiger partial charge in [0.05, 0.1) is 12.5 Å². The van der Waals surface area contributed by atoms with Gasteiger partial charge >= 0.3 is 0 Å². The molecule has 0 nitrogen and oxygen atoms in total. The van der Waals surface area contributed by atoms with Gasteiger partial charge in [0.1, 0.15) is 5.82 Å². The zero-order chi connectivity index (χ0) is 10.2. The van der Waals surface area contributed by atoms with E-state index in [-0.39, 0.29) is 5.82 Å². The first kappa shape index (κ1) is 11.4. The number of hydrogen-bond donors (Lipinski definition) is 0. The Balaban J connectivity index is 3.43. The highest BCUT2D eigenvalue weighted by atomic mass is 79.9. The molecule has 0 amide bonds. The van der Waals surface area contributed by atoms with Gasteiger partial charge in [0.15, 0.2) is 0 Å². The average molecular weight is 326 g/mol. The zero-order valence-electron chi connectivity index (χ0n) is 7.79. The van der Waals surface area contributed by atoms with Crippen molar-refractivity contribution in [2.45, 2.75) is 19.6 Å². The van der Waals surface area contributed by atoms with Crippen molar-refractivity contribution in [2.24, 2.45) is 0 Å². The maximum Gasteiger partial charge on any atom is 0.137 e. The van der Waals surface area contributed by atoms with Gasteiger partial charge in [-0.25, -0.2) is 4.39 Å².